The fourth-order valence-corrected chi connectivity index (χ4v) is 6.29. The third-order valence-corrected chi connectivity index (χ3v) is 8.17. The van der Waals surface area contributed by atoms with Crippen molar-refractivity contribution in [3.8, 4) is 0 Å². The molecule has 0 aliphatic carbocycles. The number of rotatable bonds is 6. The average Bonchev–Trinajstić information content (AvgIpc) is 2.89. The second-order valence-electron chi connectivity index (χ2n) is 8.98. The molecule has 0 unspecified atom stereocenters. The molecule has 1 saturated heterocycles. The summed E-state index contributed by atoms with van der Waals surface area (Å²) in [6.45, 7) is 2.86. The van der Waals surface area contributed by atoms with Crippen LogP contribution in [0.4, 0.5) is 10.1 Å². The molecule has 1 amide bonds. The van der Waals surface area contributed by atoms with Crippen LogP contribution < -0.4 is 4.72 Å². The van der Waals surface area contributed by atoms with Crippen molar-refractivity contribution < 1.29 is 17.6 Å². The Morgan fingerprint density at radius 3 is 2.37 bits per heavy atom. The summed E-state index contributed by atoms with van der Waals surface area (Å²) in [7, 11) is -4.12. The number of para-hydroxylation sites is 1. The summed E-state index contributed by atoms with van der Waals surface area (Å²) >= 11 is 12.2. The molecule has 0 spiro atoms. The summed E-state index contributed by atoms with van der Waals surface area (Å²) in [4.78, 5) is 21.0. The first-order chi connectivity index (χ1) is 18.2. The van der Waals surface area contributed by atoms with E-state index in [4.69, 9.17) is 23.2 Å². The van der Waals surface area contributed by atoms with Gasteiger partial charge in [-0.1, -0.05) is 41.4 Å². The van der Waals surface area contributed by atoms with E-state index in [9.17, 15) is 17.6 Å². The van der Waals surface area contributed by atoms with Gasteiger partial charge in [0.15, 0.2) is 0 Å². The third-order valence-electron chi connectivity index (χ3n) is 6.33. The molecule has 196 valence electrons. The number of halogens is 3. The maximum absolute atomic E-state index is 15.0. The SMILES string of the molecule is O=C(c1ccc(NS(=O)(=O)c2cccc3cccnc23)c(F)c1)N1CCN(Cc2cc(Cl)cc(Cl)c2)CC1. The van der Waals surface area contributed by atoms with Gasteiger partial charge in [-0.2, -0.15) is 0 Å². The van der Waals surface area contributed by atoms with Crippen LogP contribution >= 0.6 is 23.2 Å². The van der Waals surface area contributed by atoms with E-state index in [1.165, 1.54) is 24.4 Å². The predicted octanol–water partition coefficient (Wildman–Crippen LogP) is 5.44. The minimum atomic E-state index is -4.12. The van der Waals surface area contributed by atoms with E-state index in [0.717, 1.165) is 11.6 Å². The number of pyridine rings is 1. The standard InChI is InChI=1S/C27H23Cl2FN4O3S/c28-21-13-18(14-22(29)16-21)17-33-9-11-34(12-10-33)27(35)20-6-7-24(23(30)15-20)32-38(36,37)25-5-1-3-19-4-2-8-31-26(19)25/h1-8,13-16,32H,9-12,17H2. The van der Waals surface area contributed by atoms with E-state index >= 15 is 0 Å². The van der Waals surface area contributed by atoms with Crippen LogP contribution in [-0.4, -0.2) is 55.3 Å². The van der Waals surface area contributed by atoms with Crippen molar-refractivity contribution >= 4 is 55.7 Å². The maximum Gasteiger partial charge on any atom is 0.264 e. The highest BCUT2D eigenvalue weighted by Crippen LogP contribution is 2.26. The van der Waals surface area contributed by atoms with Crippen LogP contribution in [0.1, 0.15) is 15.9 Å². The molecule has 1 N–H and O–H groups in total. The number of nitrogens with zero attached hydrogens (tertiary/aromatic N) is 3. The first-order valence-corrected chi connectivity index (χ1v) is 14.1. The lowest BCUT2D eigenvalue weighted by atomic mass is 10.1. The van der Waals surface area contributed by atoms with Gasteiger partial charge in [0.1, 0.15) is 10.7 Å². The van der Waals surface area contributed by atoms with Gasteiger partial charge in [0.25, 0.3) is 15.9 Å². The summed E-state index contributed by atoms with van der Waals surface area (Å²) in [5.41, 5.74) is 1.17. The van der Waals surface area contributed by atoms with Gasteiger partial charge in [-0.05, 0) is 54.1 Å². The van der Waals surface area contributed by atoms with E-state index in [1.807, 2.05) is 12.1 Å². The van der Waals surface area contributed by atoms with Crippen LogP contribution in [0.25, 0.3) is 10.9 Å². The lowest BCUT2D eigenvalue weighted by molar-refractivity contribution is 0.0628. The van der Waals surface area contributed by atoms with Gasteiger partial charge < -0.3 is 4.90 Å². The van der Waals surface area contributed by atoms with Gasteiger partial charge in [0.2, 0.25) is 0 Å². The molecular formula is C27H23Cl2FN4O3S. The third kappa shape index (κ3) is 5.76. The van der Waals surface area contributed by atoms with Crippen LogP contribution in [0, 0.1) is 5.82 Å². The smallest absolute Gasteiger partial charge is 0.264 e. The lowest BCUT2D eigenvalue weighted by Crippen LogP contribution is -2.48. The molecule has 1 aromatic heterocycles. The Morgan fingerprint density at radius 1 is 0.947 bits per heavy atom. The number of fused-ring (bicyclic) bond motifs is 1. The predicted molar refractivity (Wildman–Crippen MR) is 147 cm³/mol. The lowest BCUT2D eigenvalue weighted by Gasteiger charge is -2.35. The van der Waals surface area contributed by atoms with Crippen molar-refractivity contribution in [1.82, 2.24) is 14.8 Å². The van der Waals surface area contributed by atoms with Gasteiger partial charge in [-0.15, -0.1) is 0 Å². The van der Waals surface area contributed by atoms with Crippen molar-refractivity contribution in [2.45, 2.75) is 11.4 Å². The van der Waals surface area contributed by atoms with Crippen molar-refractivity contribution in [1.29, 1.82) is 0 Å². The topological polar surface area (TPSA) is 82.6 Å². The Labute approximate surface area is 229 Å². The minimum absolute atomic E-state index is 0.0620. The number of anilines is 1. The minimum Gasteiger partial charge on any atom is -0.336 e. The number of nitrogens with one attached hydrogen (secondary N) is 1. The first-order valence-electron chi connectivity index (χ1n) is 11.8. The van der Waals surface area contributed by atoms with Gasteiger partial charge in [0, 0.05) is 59.9 Å². The molecule has 0 radical (unpaired) electrons. The summed E-state index contributed by atoms with van der Waals surface area (Å²) in [5.74, 6) is -1.16. The van der Waals surface area contributed by atoms with E-state index in [-0.39, 0.29) is 27.6 Å². The Morgan fingerprint density at radius 2 is 1.66 bits per heavy atom. The highest BCUT2D eigenvalue weighted by Gasteiger charge is 2.24. The Kier molecular flexibility index (Phi) is 7.54. The fourth-order valence-electron chi connectivity index (χ4n) is 4.48. The van der Waals surface area contributed by atoms with Crippen molar-refractivity contribution in [3.63, 3.8) is 0 Å². The zero-order valence-electron chi connectivity index (χ0n) is 20.1. The molecule has 0 saturated carbocycles. The zero-order valence-corrected chi connectivity index (χ0v) is 22.4. The Balaban J connectivity index is 1.25. The van der Waals surface area contributed by atoms with Crippen LogP contribution in [0.15, 0.2) is 77.8 Å². The summed E-state index contributed by atoms with van der Waals surface area (Å²) < 4.78 is 43.3. The quantitative estimate of drug-likeness (QED) is 0.332. The molecule has 1 aliphatic heterocycles. The van der Waals surface area contributed by atoms with E-state index in [0.29, 0.717) is 48.2 Å². The highest BCUT2D eigenvalue weighted by molar-refractivity contribution is 7.93. The first kappa shape index (κ1) is 26.4. The molecule has 0 bridgehead atoms. The van der Waals surface area contributed by atoms with Crippen LogP contribution in [0.2, 0.25) is 10.0 Å². The Bertz CT molecular complexity index is 1600. The van der Waals surface area contributed by atoms with Gasteiger partial charge in [-0.3, -0.25) is 19.4 Å². The Hall–Kier alpha value is -3.24. The molecule has 1 aliphatic rings. The number of carbonyl (C=O) groups excluding carboxylic acids is 1. The largest absolute Gasteiger partial charge is 0.336 e. The molecule has 0 atom stereocenters. The van der Waals surface area contributed by atoms with Gasteiger partial charge in [0.05, 0.1) is 11.2 Å². The highest BCUT2D eigenvalue weighted by atomic mass is 35.5. The van der Waals surface area contributed by atoms with Crippen LogP contribution in [-0.2, 0) is 16.6 Å². The van der Waals surface area contributed by atoms with Gasteiger partial charge in [-0.25, -0.2) is 12.8 Å². The zero-order chi connectivity index (χ0) is 26.9. The normalized spacial score (nSPS) is 14.6. The van der Waals surface area contributed by atoms with Crippen LogP contribution in [0.5, 0.6) is 0 Å². The number of aromatic nitrogens is 1. The van der Waals surface area contributed by atoms with E-state index < -0.39 is 15.8 Å². The molecule has 2 heterocycles. The molecule has 4 aromatic rings. The molecule has 11 heteroatoms. The summed E-state index contributed by atoms with van der Waals surface area (Å²) in [5, 5.41) is 1.79. The van der Waals surface area contributed by atoms with E-state index in [1.54, 1.807) is 35.2 Å². The molecule has 7 nitrogen and oxygen atoms in total. The van der Waals surface area contributed by atoms with Crippen molar-refractivity contribution in [3.05, 3.63) is 99.9 Å². The van der Waals surface area contributed by atoms with Crippen LogP contribution in [0.3, 0.4) is 0 Å². The molecule has 38 heavy (non-hydrogen) atoms. The number of hydrogen-bond donors (Lipinski definition) is 1. The van der Waals surface area contributed by atoms with E-state index in [2.05, 4.69) is 14.6 Å². The maximum atomic E-state index is 15.0. The number of piperazine rings is 1. The number of sulfonamides is 1. The fraction of sp³-hybridized carbons (Fsp3) is 0.185. The number of benzene rings is 3. The molecule has 1 fully saturated rings. The second-order valence-corrected chi connectivity index (χ2v) is 11.5. The summed E-state index contributed by atoms with van der Waals surface area (Å²) in [6, 6.07) is 17.3. The van der Waals surface area contributed by atoms with Crippen molar-refractivity contribution in [2.75, 3.05) is 30.9 Å². The molecular weight excluding hydrogens is 550 g/mol. The number of hydrogen-bond acceptors (Lipinski definition) is 5. The van der Waals surface area contributed by atoms with Gasteiger partial charge >= 0.3 is 0 Å². The molecule has 3 aromatic carbocycles. The average molecular weight is 573 g/mol. The monoisotopic (exact) mass is 572 g/mol. The number of carbonyl (C=O) groups is 1. The second kappa shape index (κ2) is 10.9. The van der Waals surface area contributed by atoms with Crippen molar-refractivity contribution in [2.24, 2.45) is 0 Å². The molecule has 5 rings (SSSR count). The number of amides is 1. The summed E-state index contributed by atoms with van der Waals surface area (Å²) in [6.07, 6.45) is 1.50.